The number of amides is 2. The number of benzene rings is 2. The van der Waals surface area contributed by atoms with Crippen LogP contribution in [-0.4, -0.2) is 65.4 Å². The molecular weight excluding hydrogens is 573 g/mol. The highest BCUT2D eigenvalue weighted by Crippen LogP contribution is 2.36. The second-order valence-corrected chi connectivity index (χ2v) is 9.27. The first-order chi connectivity index (χ1) is 19.8. The first kappa shape index (κ1) is 30.5. The Morgan fingerprint density at radius 3 is 2.31 bits per heavy atom. The lowest BCUT2D eigenvalue weighted by molar-refractivity contribution is -0.274. The van der Waals surface area contributed by atoms with E-state index in [0.717, 1.165) is 45.9 Å². The number of halogens is 5. The van der Waals surface area contributed by atoms with Gasteiger partial charge in [-0.05, 0) is 36.4 Å². The molecular formula is C27H24F5N3O7. The lowest BCUT2D eigenvalue weighted by Gasteiger charge is -2.20. The predicted molar refractivity (Wildman–Crippen MR) is 136 cm³/mol. The van der Waals surface area contributed by atoms with E-state index in [2.05, 4.69) is 10.1 Å². The van der Waals surface area contributed by atoms with Gasteiger partial charge in [0.25, 0.3) is 11.5 Å². The van der Waals surface area contributed by atoms with Gasteiger partial charge in [-0.3, -0.25) is 14.4 Å². The molecule has 2 heterocycles. The average molecular weight is 597 g/mol. The van der Waals surface area contributed by atoms with E-state index in [4.69, 9.17) is 9.84 Å². The van der Waals surface area contributed by atoms with E-state index in [9.17, 15) is 32.7 Å². The summed E-state index contributed by atoms with van der Waals surface area (Å²) >= 11 is 0. The Labute approximate surface area is 234 Å². The maximum absolute atomic E-state index is 15.2. The van der Waals surface area contributed by atoms with Crippen molar-refractivity contribution < 1.29 is 51.2 Å². The molecule has 4 rings (SSSR count). The molecule has 0 saturated carbocycles. The largest absolute Gasteiger partial charge is 0.573 e. The van der Waals surface area contributed by atoms with Gasteiger partial charge in [0.1, 0.15) is 34.9 Å². The van der Waals surface area contributed by atoms with E-state index in [1.54, 1.807) is 0 Å². The van der Waals surface area contributed by atoms with Crippen LogP contribution in [0.5, 0.6) is 11.5 Å². The first-order valence-corrected chi connectivity index (χ1v) is 12.3. The Kier molecular flexibility index (Phi) is 8.82. The van der Waals surface area contributed by atoms with Crippen molar-refractivity contribution in [3.05, 3.63) is 87.8 Å². The van der Waals surface area contributed by atoms with Gasteiger partial charge in [0.05, 0.1) is 26.4 Å². The van der Waals surface area contributed by atoms with Gasteiger partial charge in [-0.15, -0.1) is 13.2 Å². The Morgan fingerprint density at radius 1 is 1.10 bits per heavy atom. The van der Waals surface area contributed by atoms with Crippen molar-refractivity contribution >= 4 is 17.5 Å². The summed E-state index contributed by atoms with van der Waals surface area (Å²) in [6, 6.07) is 6.55. The molecule has 1 fully saturated rings. The third kappa shape index (κ3) is 6.52. The summed E-state index contributed by atoms with van der Waals surface area (Å²) in [5.74, 6) is -6.15. The number of carbonyl (C=O) groups is 2. The topological polar surface area (TPSA) is 130 Å². The van der Waals surface area contributed by atoms with E-state index < -0.39 is 77.9 Å². The summed E-state index contributed by atoms with van der Waals surface area (Å²) in [6.07, 6.45) is -4.95. The fourth-order valence-electron chi connectivity index (χ4n) is 4.59. The number of pyridine rings is 1. The van der Waals surface area contributed by atoms with Crippen molar-refractivity contribution in [2.75, 3.05) is 25.2 Å². The monoisotopic (exact) mass is 597 g/mol. The molecule has 0 aliphatic carbocycles. The van der Waals surface area contributed by atoms with Crippen molar-refractivity contribution in [3.8, 4) is 11.5 Å². The summed E-state index contributed by atoms with van der Waals surface area (Å²) in [4.78, 5) is 40.7. The first-order valence-electron chi connectivity index (χ1n) is 12.3. The number of nitrogens with zero attached hydrogens (tertiary/aromatic N) is 2. The highest BCUT2D eigenvalue weighted by molar-refractivity contribution is 6.05. The van der Waals surface area contributed by atoms with Gasteiger partial charge in [-0.1, -0.05) is 0 Å². The number of rotatable bonds is 9. The van der Waals surface area contributed by atoms with E-state index in [0.29, 0.717) is 0 Å². The molecule has 1 unspecified atom stereocenters. The summed E-state index contributed by atoms with van der Waals surface area (Å²) in [5, 5.41) is 21.3. The Morgan fingerprint density at radius 2 is 1.74 bits per heavy atom. The molecule has 42 heavy (non-hydrogen) atoms. The second-order valence-electron chi connectivity index (χ2n) is 9.27. The molecule has 2 aromatic carbocycles. The number of methoxy groups -OCH3 is 1. The minimum absolute atomic E-state index is 0.148. The van der Waals surface area contributed by atoms with E-state index >= 15 is 8.78 Å². The molecule has 1 aliphatic rings. The van der Waals surface area contributed by atoms with Gasteiger partial charge in [-0.2, -0.15) is 0 Å². The van der Waals surface area contributed by atoms with Crippen LogP contribution in [0.1, 0.15) is 21.8 Å². The molecule has 3 N–H and O–H groups in total. The molecule has 1 aliphatic heterocycles. The van der Waals surface area contributed by atoms with Gasteiger partial charge in [-0.25, -0.2) is 8.78 Å². The average Bonchev–Trinajstić information content (AvgIpc) is 3.23. The highest BCUT2D eigenvalue weighted by atomic mass is 19.4. The number of aliphatic hydroxyl groups excluding tert-OH is 2. The Bertz CT molecular complexity index is 1500. The van der Waals surface area contributed by atoms with Crippen LogP contribution in [0, 0.1) is 11.6 Å². The number of alkyl halides is 3. The lowest BCUT2D eigenvalue weighted by atomic mass is 9.92. The maximum Gasteiger partial charge on any atom is 0.573 e. The number of nitrogens with one attached hydrogen (secondary N) is 1. The van der Waals surface area contributed by atoms with Gasteiger partial charge in [0.2, 0.25) is 5.91 Å². The van der Waals surface area contributed by atoms with Crippen LogP contribution in [0.2, 0.25) is 0 Å². The quantitative estimate of drug-likeness (QED) is 0.323. The molecule has 1 saturated heterocycles. The van der Waals surface area contributed by atoms with Crippen LogP contribution >= 0.6 is 0 Å². The zero-order chi connectivity index (χ0) is 30.8. The lowest BCUT2D eigenvalue weighted by Crippen LogP contribution is -2.44. The standard InChI is InChI=1S/C27H24F5N3O7/c1-41-17-9-19(28)22(20(29)10-17)18-12-35(21-3-2-8-34(25(21)39)11-15(37)13-36)26(40)23(18)33-24(38)14-4-6-16(7-5-14)42-27(30,31)32/h2-10,15,18,23,36-37H,11-13H2,1H3,(H,33,38)/t15?,18-,23-/m0/s1. The third-order valence-electron chi connectivity index (χ3n) is 6.52. The molecule has 10 nitrogen and oxygen atoms in total. The molecule has 224 valence electrons. The second kappa shape index (κ2) is 12.2. The van der Waals surface area contributed by atoms with Crippen LogP contribution in [0.3, 0.4) is 0 Å². The van der Waals surface area contributed by atoms with Crippen molar-refractivity contribution in [3.63, 3.8) is 0 Å². The van der Waals surface area contributed by atoms with E-state index in [1.165, 1.54) is 25.4 Å². The van der Waals surface area contributed by atoms with Crippen LogP contribution in [-0.2, 0) is 11.3 Å². The minimum atomic E-state index is -4.96. The molecule has 3 atom stereocenters. The summed E-state index contributed by atoms with van der Waals surface area (Å²) in [7, 11) is 1.19. The third-order valence-corrected chi connectivity index (χ3v) is 6.52. The smallest absolute Gasteiger partial charge is 0.497 e. The number of hydrogen-bond donors (Lipinski definition) is 3. The predicted octanol–water partition coefficient (Wildman–Crippen LogP) is 2.32. The van der Waals surface area contributed by atoms with Crippen molar-refractivity contribution in [1.82, 2.24) is 9.88 Å². The number of ether oxygens (including phenoxy) is 2. The normalized spacial score (nSPS) is 17.7. The fraction of sp³-hybridized carbons (Fsp3) is 0.296. The summed E-state index contributed by atoms with van der Waals surface area (Å²) in [6.45, 7) is -1.41. The maximum atomic E-state index is 15.2. The number of aliphatic hydroxyl groups is 2. The highest BCUT2D eigenvalue weighted by Gasteiger charge is 2.46. The Hall–Kier alpha value is -4.50. The minimum Gasteiger partial charge on any atom is -0.497 e. The van der Waals surface area contributed by atoms with E-state index in [-0.39, 0.29) is 23.5 Å². The molecule has 1 aromatic heterocycles. The zero-order valence-electron chi connectivity index (χ0n) is 21.8. The summed E-state index contributed by atoms with van der Waals surface area (Å²) in [5.41, 5.74) is -1.75. The van der Waals surface area contributed by atoms with Gasteiger partial charge in [0.15, 0.2) is 0 Å². The van der Waals surface area contributed by atoms with Crippen LogP contribution in [0.4, 0.5) is 27.6 Å². The molecule has 2 amide bonds. The molecule has 3 aromatic rings. The van der Waals surface area contributed by atoms with Crippen LogP contribution in [0.15, 0.2) is 59.5 Å². The van der Waals surface area contributed by atoms with Crippen molar-refractivity contribution in [1.29, 1.82) is 0 Å². The zero-order valence-corrected chi connectivity index (χ0v) is 21.8. The number of carbonyl (C=O) groups excluding carboxylic acids is 2. The number of aromatic nitrogens is 1. The van der Waals surface area contributed by atoms with E-state index in [1.807, 2.05) is 0 Å². The van der Waals surface area contributed by atoms with Crippen molar-refractivity contribution in [2.24, 2.45) is 0 Å². The number of anilines is 1. The van der Waals surface area contributed by atoms with Gasteiger partial charge < -0.3 is 34.5 Å². The fourth-order valence-corrected chi connectivity index (χ4v) is 4.59. The molecule has 0 spiro atoms. The van der Waals surface area contributed by atoms with Crippen molar-refractivity contribution in [2.45, 2.75) is 31.0 Å². The SMILES string of the molecule is COc1cc(F)c([C@@H]2CN(c3cccn(CC(O)CO)c3=O)C(=O)[C@H]2NC(=O)c2ccc(OC(F)(F)F)cc2)c(F)c1. The van der Waals surface area contributed by atoms with Gasteiger partial charge >= 0.3 is 6.36 Å². The molecule has 15 heteroatoms. The molecule has 0 bridgehead atoms. The summed E-state index contributed by atoms with van der Waals surface area (Å²) < 4.78 is 77.4. The van der Waals surface area contributed by atoms with Crippen LogP contribution in [0.25, 0.3) is 0 Å². The number of hydrogen-bond acceptors (Lipinski definition) is 7. The Balaban J connectivity index is 1.71. The van der Waals surface area contributed by atoms with Crippen LogP contribution < -0.4 is 25.2 Å². The van der Waals surface area contributed by atoms with Gasteiger partial charge in [0, 0.05) is 41.9 Å². The molecule has 0 radical (unpaired) electrons.